The van der Waals surface area contributed by atoms with Crippen LogP contribution in [0.3, 0.4) is 0 Å². The Bertz CT molecular complexity index is 11.6. The second-order valence-electron chi connectivity index (χ2n) is 0. The smallest absolute Gasteiger partial charge is 1.00 e. The van der Waals surface area contributed by atoms with Crippen LogP contribution in [0.5, 0.6) is 0 Å². The quantitative estimate of drug-likeness (QED) is 0.273. The third kappa shape index (κ3) is 9.32. The zero-order chi connectivity index (χ0) is 0. The molecule has 2 N–H and O–H groups in total. The van der Waals surface area contributed by atoms with Gasteiger partial charge in [0.05, 0.1) is 0 Å². The number of hydrogen-bond donors (Lipinski definition) is 0. The van der Waals surface area contributed by atoms with Gasteiger partial charge in [0.25, 0.3) is 0 Å². The summed E-state index contributed by atoms with van der Waals surface area (Å²) in [5, 5.41) is 0. The third-order valence-corrected chi connectivity index (χ3v) is 0. The van der Waals surface area contributed by atoms with Crippen LogP contribution in [0.15, 0.2) is 0 Å². The Labute approximate surface area is 64.4 Å². The molecule has 0 spiro atoms. The number of hydrogen-bond acceptors (Lipinski definition) is 0. The van der Waals surface area contributed by atoms with Crippen LogP contribution in [0.4, 0.5) is 0 Å². The first-order valence-corrected chi connectivity index (χ1v) is 0. The molecule has 0 aromatic carbocycles. The minimum absolute atomic E-state index is 0. The topological polar surface area (TPSA) is 31.5 Å². The molecule has 2 radical (unpaired) electrons. The summed E-state index contributed by atoms with van der Waals surface area (Å²) in [6, 6.07) is 0. The predicted molar refractivity (Wildman–Crippen MR) is 23.2 cm³/mol. The van der Waals surface area contributed by atoms with Gasteiger partial charge in [-0.15, -0.1) is 0 Å². The summed E-state index contributed by atoms with van der Waals surface area (Å²) in [7, 11) is 0. The molecule has 4 heteroatoms. The van der Waals surface area contributed by atoms with E-state index in [1.807, 2.05) is 0 Å². The molecule has 0 aliphatic heterocycles. The SMILES string of the molecule is O.[AlH2].[H-].[Na+].[SiH3]. The molecule has 0 aromatic rings. The first-order chi connectivity index (χ1) is 0. The first kappa shape index (κ1) is 43.3. The molecule has 0 aliphatic carbocycles. The van der Waals surface area contributed by atoms with Crippen molar-refractivity contribution in [3.8, 4) is 0 Å². The summed E-state index contributed by atoms with van der Waals surface area (Å²) in [5.41, 5.74) is 0. The maximum absolute atomic E-state index is 0. The Balaban J connectivity index is 0. The molecule has 0 saturated carbocycles. The van der Waals surface area contributed by atoms with Gasteiger partial charge in [-0.2, -0.15) is 0 Å². The number of rotatable bonds is 0. The molecule has 0 bridgehead atoms. The Morgan fingerprint density at radius 2 is 1.25 bits per heavy atom. The van der Waals surface area contributed by atoms with Gasteiger partial charge in [-0.05, 0) is 11.0 Å². The van der Waals surface area contributed by atoms with Crippen molar-refractivity contribution in [2.24, 2.45) is 0 Å². The van der Waals surface area contributed by atoms with Crippen LogP contribution in [0.2, 0.25) is 0 Å². The van der Waals surface area contributed by atoms with Gasteiger partial charge in [0.2, 0.25) is 0 Å². The van der Waals surface area contributed by atoms with Gasteiger partial charge in [-0.1, -0.05) is 0 Å². The molecule has 0 amide bonds. The summed E-state index contributed by atoms with van der Waals surface area (Å²) >= 11 is 0. The molecule has 0 rings (SSSR count). The fraction of sp³-hybridized carbons (Fsp3) is 0. The van der Waals surface area contributed by atoms with Gasteiger partial charge in [0.15, 0.2) is 0 Å². The van der Waals surface area contributed by atoms with Crippen LogP contribution in [-0.2, 0) is 0 Å². The monoisotopic (exact) mass is 102 g/mol. The molecule has 0 fully saturated rings. The minimum atomic E-state index is 0. The fourth-order valence-electron chi connectivity index (χ4n) is 0. The maximum Gasteiger partial charge on any atom is 1.00 e. The summed E-state index contributed by atoms with van der Waals surface area (Å²) in [6.45, 7) is 0. The Morgan fingerprint density at radius 3 is 1.25 bits per heavy atom. The molecule has 0 unspecified atom stereocenters. The van der Waals surface area contributed by atoms with E-state index in [0.29, 0.717) is 0 Å². The normalized spacial score (nSPS) is 0. The van der Waals surface area contributed by atoms with Gasteiger partial charge in [-0.3, -0.25) is 0 Å². The summed E-state index contributed by atoms with van der Waals surface area (Å²) in [4.78, 5) is 0. The van der Waals surface area contributed by atoms with Crippen molar-refractivity contribution in [1.29, 1.82) is 0 Å². The van der Waals surface area contributed by atoms with Crippen LogP contribution in [0.1, 0.15) is 1.43 Å². The van der Waals surface area contributed by atoms with Gasteiger partial charge in [-0.25, -0.2) is 0 Å². The van der Waals surface area contributed by atoms with Crippen LogP contribution in [-0.4, -0.2) is 33.8 Å². The van der Waals surface area contributed by atoms with E-state index >= 15 is 0 Å². The fourth-order valence-corrected chi connectivity index (χ4v) is 0. The van der Waals surface area contributed by atoms with Gasteiger partial charge in [0, 0.05) is 0 Å². The molecule has 0 aliphatic rings. The van der Waals surface area contributed by atoms with E-state index < -0.39 is 0 Å². The summed E-state index contributed by atoms with van der Waals surface area (Å²) < 4.78 is 0. The van der Waals surface area contributed by atoms with Crippen LogP contribution < -0.4 is 29.6 Å². The van der Waals surface area contributed by atoms with Crippen LogP contribution >= 0.6 is 0 Å². The van der Waals surface area contributed by atoms with Crippen molar-refractivity contribution in [3.63, 3.8) is 0 Å². The van der Waals surface area contributed by atoms with Crippen molar-refractivity contribution >= 4 is 28.3 Å². The Morgan fingerprint density at radius 1 is 1.25 bits per heavy atom. The van der Waals surface area contributed by atoms with E-state index in [9.17, 15) is 0 Å². The Kier molecular flexibility index (Phi) is 240. The van der Waals surface area contributed by atoms with E-state index in [4.69, 9.17) is 0 Å². The van der Waals surface area contributed by atoms with Crippen molar-refractivity contribution in [1.82, 2.24) is 0 Å². The molecule has 0 heterocycles. The second-order valence-corrected chi connectivity index (χ2v) is 0. The zero-order valence-corrected chi connectivity index (χ0v) is 9.50. The molecule has 0 saturated heterocycles. The van der Waals surface area contributed by atoms with Crippen LogP contribution in [0.25, 0.3) is 0 Å². The summed E-state index contributed by atoms with van der Waals surface area (Å²) in [6.07, 6.45) is 0. The van der Waals surface area contributed by atoms with Crippen molar-refractivity contribution in [2.45, 2.75) is 0 Å². The zero-order valence-electron chi connectivity index (χ0n) is 4.50. The predicted octanol–water partition coefficient (Wildman–Crippen LogP) is -5.81. The van der Waals surface area contributed by atoms with E-state index in [-0.39, 0.29) is 64.8 Å². The average Bonchev–Trinajstić information content (AvgIpc) is 0. The van der Waals surface area contributed by atoms with Crippen molar-refractivity contribution in [3.05, 3.63) is 0 Å². The standard InChI is InChI=1S/Al.Na.H2O.H3Si.3H/h;;1H2;1H3;;;/q;+1;;;;;-1. The van der Waals surface area contributed by atoms with Gasteiger partial charge >= 0.3 is 29.6 Å². The Hall–Kier alpha value is 1.71. The molecule has 1 nitrogen and oxygen atoms in total. The molecule has 4 heavy (non-hydrogen) atoms. The van der Waals surface area contributed by atoms with E-state index in [0.717, 1.165) is 0 Å². The molecule has 0 aromatic heterocycles. The minimum Gasteiger partial charge on any atom is -1.00 e. The van der Waals surface area contributed by atoms with Crippen LogP contribution in [0, 0.1) is 0 Å². The van der Waals surface area contributed by atoms with Gasteiger partial charge in [0.1, 0.15) is 17.4 Å². The maximum atomic E-state index is 0. The van der Waals surface area contributed by atoms with Crippen molar-refractivity contribution in [2.75, 3.05) is 0 Å². The van der Waals surface area contributed by atoms with E-state index in [1.54, 1.807) is 0 Å². The average molecular weight is 102 g/mol. The largest absolute Gasteiger partial charge is 1.00 e. The molecular weight excluding hydrogens is 94.1 g/mol. The summed E-state index contributed by atoms with van der Waals surface area (Å²) in [5.74, 6) is 0. The first-order valence-electron chi connectivity index (χ1n) is 0. The van der Waals surface area contributed by atoms with Gasteiger partial charge < -0.3 is 6.90 Å². The molecule has 0 atom stereocenters. The van der Waals surface area contributed by atoms with Crippen molar-refractivity contribution < 1.29 is 36.5 Å². The third-order valence-electron chi connectivity index (χ3n) is 0. The van der Waals surface area contributed by atoms with E-state index in [1.165, 1.54) is 0 Å². The molecule has 22 valence electrons. The molecular formula is H8AlNaOSi. The van der Waals surface area contributed by atoms with E-state index in [2.05, 4.69) is 0 Å². The second kappa shape index (κ2) is 22.2.